The number of aliphatic hydroxyl groups excluding tert-OH is 1. The van der Waals surface area contributed by atoms with Crippen LogP contribution in [0.5, 0.6) is 0 Å². The largest absolute Gasteiger partial charge is 0.391 e. The van der Waals surface area contributed by atoms with Gasteiger partial charge in [0.15, 0.2) is 0 Å². The fraction of sp³-hybridized carbons (Fsp3) is 1.00. The topological polar surface area (TPSA) is 23.5 Å². The standard InChI is InChI=1S/C14H27NOS/c1-10-4-5-12(8-11(10)2)14(16)13-9-17-7-6-15(13)3/h10-14,16H,4-9H2,1-3H3. The van der Waals surface area contributed by atoms with Gasteiger partial charge in [0.25, 0.3) is 0 Å². The molecule has 0 aromatic heterocycles. The average Bonchev–Trinajstić information content (AvgIpc) is 2.32. The Balaban J connectivity index is 1.92. The van der Waals surface area contributed by atoms with Gasteiger partial charge in [-0.05, 0) is 37.6 Å². The van der Waals surface area contributed by atoms with Gasteiger partial charge in [0.1, 0.15) is 0 Å². The summed E-state index contributed by atoms with van der Waals surface area (Å²) in [5.41, 5.74) is 0. The third-order valence-electron chi connectivity index (χ3n) is 4.96. The van der Waals surface area contributed by atoms with Gasteiger partial charge in [-0.1, -0.05) is 20.3 Å². The molecule has 5 unspecified atom stereocenters. The van der Waals surface area contributed by atoms with Crippen LogP contribution in [0.4, 0.5) is 0 Å². The van der Waals surface area contributed by atoms with E-state index >= 15 is 0 Å². The normalized spacial score (nSPS) is 42.4. The van der Waals surface area contributed by atoms with Gasteiger partial charge in [0.05, 0.1) is 6.10 Å². The third kappa shape index (κ3) is 3.18. The van der Waals surface area contributed by atoms with E-state index in [4.69, 9.17) is 0 Å². The van der Waals surface area contributed by atoms with E-state index in [1.165, 1.54) is 25.0 Å². The average molecular weight is 257 g/mol. The summed E-state index contributed by atoms with van der Waals surface area (Å²) in [6, 6.07) is 0.388. The summed E-state index contributed by atoms with van der Waals surface area (Å²) in [4.78, 5) is 2.36. The quantitative estimate of drug-likeness (QED) is 0.822. The van der Waals surface area contributed by atoms with Crippen molar-refractivity contribution >= 4 is 11.8 Å². The van der Waals surface area contributed by atoms with Crippen LogP contribution in [0, 0.1) is 17.8 Å². The summed E-state index contributed by atoms with van der Waals surface area (Å²) in [7, 11) is 2.17. The maximum Gasteiger partial charge on any atom is 0.0731 e. The first kappa shape index (κ1) is 13.7. The van der Waals surface area contributed by atoms with Gasteiger partial charge in [-0.3, -0.25) is 4.90 Å². The van der Waals surface area contributed by atoms with E-state index in [2.05, 4.69) is 25.8 Å². The summed E-state index contributed by atoms with van der Waals surface area (Å²) in [6.45, 7) is 5.84. The summed E-state index contributed by atoms with van der Waals surface area (Å²) < 4.78 is 0. The van der Waals surface area contributed by atoms with Gasteiger partial charge in [0, 0.05) is 24.1 Å². The molecule has 0 spiro atoms. The van der Waals surface area contributed by atoms with Gasteiger partial charge < -0.3 is 5.11 Å². The van der Waals surface area contributed by atoms with Crippen molar-refractivity contribution in [3.05, 3.63) is 0 Å². The fourth-order valence-electron chi connectivity index (χ4n) is 3.28. The lowest BCUT2D eigenvalue weighted by molar-refractivity contribution is 0.00141. The molecule has 0 aromatic carbocycles. The van der Waals surface area contributed by atoms with E-state index in [0.717, 1.165) is 24.1 Å². The number of rotatable bonds is 2. The zero-order valence-electron chi connectivity index (χ0n) is 11.4. The molecule has 0 radical (unpaired) electrons. The molecule has 2 rings (SSSR count). The third-order valence-corrected chi connectivity index (χ3v) is 6.01. The first-order valence-electron chi connectivity index (χ1n) is 7.05. The van der Waals surface area contributed by atoms with Crippen molar-refractivity contribution in [2.75, 3.05) is 25.1 Å². The van der Waals surface area contributed by atoms with Crippen LogP contribution in [0.15, 0.2) is 0 Å². The highest BCUT2D eigenvalue weighted by molar-refractivity contribution is 7.99. The Morgan fingerprint density at radius 1 is 1.24 bits per heavy atom. The molecule has 100 valence electrons. The molecule has 2 nitrogen and oxygen atoms in total. The molecule has 1 aliphatic heterocycles. The maximum atomic E-state index is 10.6. The Kier molecular flexibility index (Phi) is 4.79. The number of thioether (sulfide) groups is 1. The first-order chi connectivity index (χ1) is 8.09. The lowest BCUT2D eigenvalue weighted by atomic mass is 9.73. The Morgan fingerprint density at radius 2 is 2.00 bits per heavy atom. The zero-order chi connectivity index (χ0) is 12.4. The van der Waals surface area contributed by atoms with Crippen LogP contribution in [0.25, 0.3) is 0 Å². The minimum absolute atomic E-state index is 0.109. The SMILES string of the molecule is CC1CCC(C(O)C2CSCCN2C)CC1C. The Labute approximate surface area is 110 Å². The molecular formula is C14H27NOS. The molecule has 1 heterocycles. The summed E-state index contributed by atoms with van der Waals surface area (Å²) in [5, 5.41) is 10.6. The molecular weight excluding hydrogens is 230 g/mol. The molecule has 17 heavy (non-hydrogen) atoms. The molecule has 1 saturated heterocycles. The van der Waals surface area contributed by atoms with Gasteiger partial charge >= 0.3 is 0 Å². The van der Waals surface area contributed by atoms with Crippen LogP contribution in [0.1, 0.15) is 33.1 Å². The Bertz CT molecular complexity index is 248. The lowest BCUT2D eigenvalue weighted by Crippen LogP contribution is -2.50. The van der Waals surface area contributed by atoms with E-state index in [9.17, 15) is 5.11 Å². The molecule has 0 aromatic rings. The molecule has 2 fully saturated rings. The number of hydrogen-bond donors (Lipinski definition) is 1. The molecule has 0 bridgehead atoms. The minimum Gasteiger partial charge on any atom is -0.391 e. The van der Waals surface area contributed by atoms with Crippen LogP contribution in [-0.2, 0) is 0 Å². The first-order valence-corrected chi connectivity index (χ1v) is 8.21. The van der Waals surface area contributed by atoms with E-state index in [0.29, 0.717) is 12.0 Å². The minimum atomic E-state index is -0.109. The van der Waals surface area contributed by atoms with Crippen molar-refractivity contribution in [2.24, 2.45) is 17.8 Å². The molecule has 0 amide bonds. The second-order valence-corrected chi connectivity index (χ2v) is 7.29. The highest BCUT2D eigenvalue weighted by atomic mass is 32.2. The molecule has 5 atom stereocenters. The number of likely N-dealkylation sites (N-methyl/N-ethyl adjacent to an activating group) is 1. The van der Waals surface area contributed by atoms with E-state index in [-0.39, 0.29) is 6.10 Å². The second kappa shape index (κ2) is 5.94. The zero-order valence-corrected chi connectivity index (χ0v) is 12.2. The van der Waals surface area contributed by atoms with Crippen LogP contribution in [0.2, 0.25) is 0 Å². The second-order valence-electron chi connectivity index (χ2n) is 6.14. The van der Waals surface area contributed by atoms with Gasteiger partial charge in [-0.25, -0.2) is 0 Å². The predicted octanol–water partition coefficient (Wildman–Crippen LogP) is 2.47. The van der Waals surface area contributed by atoms with Gasteiger partial charge in [-0.2, -0.15) is 11.8 Å². The number of aliphatic hydroxyl groups is 1. The van der Waals surface area contributed by atoms with Crippen molar-refractivity contribution in [3.8, 4) is 0 Å². The van der Waals surface area contributed by atoms with Crippen LogP contribution in [0.3, 0.4) is 0 Å². The van der Waals surface area contributed by atoms with Crippen molar-refractivity contribution in [2.45, 2.75) is 45.3 Å². The monoisotopic (exact) mass is 257 g/mol. The van der Waals surface area contributed by atoms with Crippen LogP contribution < -0.4 is 0 Å². The van der Waals surface area contributed by atoms with Crippen molar-refractivity contribution < 1.29 is 5.11 Å². The van der Waals surface area contributed by atoms with Crippen LogP contribution in [-0.4, -0.2) is 47.3 Å². The highest BCUT2D eigenvalue weighted by Gasteiger charge is 2.35. The van der Waals surface area contributed by atoms with E-state index < -0.39 is 0 Å². The number of nitrogens with zero attached hydrogens (tertiary/aromatic N) is 1. The van der Waals surface area contributed by atoms with E-state index in [1.54, 1.807) is 0 Å². The Hall–Kier alpha value is 0.270. The molecule has 2 aliphatic rings. The Morgan fingerprint density at radius 3 is 2.65 bits per heavy atom. The maximum absolute atomic E-state index is 10.6. The van der Waals surface area contributed by atoms with Gasteiger partial charge in [-0.15, -0.1) is 0 Å². The highest BCUT2D eigenvalue weighted by Crippen LogP contribution is 2.37. The van der Waals surface area contributed by atoms with Crippen LogP contribution >= 0.6 is 11.8 Å². The smallest absolute Gasteiger partial charge is 0.0731 e. The van der Waals surface area contributed by atoms with Crippen molar-refractivity contribution in [3.63, 3.8) is 0 Å². The molecule has 3 heteroatoms. The van der Waals surface area contributed by atoms with E-state index in [1.807, 2.05) is 11.8 Å². The van der Waals surface area contributed by atoms with Crippen molar-refractivity contribution in [1.29, 1.82) is 0 Å². The van der Waals surface area contributed by atoms with Crippen molar-refractivity contribution in [1.82, 2.24) is 4.90 Å². The summed E-state index contributed by atoms with van der Waals surface area (Å²) >= 11 is 2.00. The predicted molar refractivity (Wildman–Crippen MR) is 75.4 cm³/mol. The number of hydrogen-bond acceptors (Lipinski definition) is 3. The fourth-order valence-corrected chi connectivity index (χ4v) is 4.56. The lowest BCUT2D eigenvalue weighted by Gasteiger charge is -2.42. The summed E-state index contributed by atoms with van der Waals surface area (Å²) in [5.74, 6) is 4.49. The molecule has 1 saturated carbocycles. The molecule has 1 N–H and O–H groups in total. The summed E-state index contributed by atoms with van der Waals surface area (Å²) in [6.07, 6.45) is 3.63. The molecule has 1 aliphatic carbocycles. The van der Waals surface area contributed by atoms with Gasteiger partial charge in [0.2, 0.25) is 0 Å².